The van der Waals surface area contributed by atoms with Gasteiger partial charge in [0, 0.05) is 34.6 Å². The number of benzene rings is 2. The first-order valence-corrected chi connectivity index (χ1v) is 11.7. The van der Waals surface area contributed by atoms with Crippen LogP contribution in [0.5, 0.6) is 5.75 Å². The van der Waals surface area contributed by atoms with E-state index in [4.69, 9.17) is 0 Å². The third kappa shape index (κ3) is 4.40. The lowest BCUT2D eigenvalue weighted by molar-refractivity contribution is 0.0496. The second-order valence-electron chi connectivity index (χ2n) is 9.11. The molecule has 4 nitrogen and oxygen atoms in total. The monoisotopic (exact) mass is 418 g/mol. The number of rotatable bonds is 6. The van der Waals surface area contributed by atoms with Crippen LogP contribution in [0, 0.1) is 0 Å². The maximum absolute atomic E-state index is 12.9. The highest BCUT2D eigenvalue weighted by atomic mass is 16.3. The minimum Gasteiger partial charge on any atom is -0.508 e. The van der Waals surface area contributed by atoms with Crippen LogP contribution in [0.3, 0.4) is 0 Å². The SMILES string of the molecule is CCCCC(c1cccc2[nH]c(=O)c(-c3cccc(O)c3)cc12)N1C(C)CCCC1C. The predicted molar refractivity (Wildman–Crippen MR) is 129 cm³/mol. The average molecular weight is 419 g/mol. The Morgan fingerprint density at radius 1 is 1.10 bits per heavy atom. The van der Waals surface area contributed by atoms with E-state index in [0.29, 0.717) is 23.7 Å². The number of phenols is 1. The number of piperidine rings is 1. The van der Waals surface area contributed by atoms with Crippen molar-refractivity contribution < 1.29 is 5.11 Å². The largest absolute Gasteiger partial charge is 0.508 e. The number of H-pyrrole nitrogens is 1. The Bertz CT molecular complexity index is 1090. The number of nitrogens with one attached hydrogen (secondary N) is 1. The van der Waals surface area contributed by atoms with Gasteiger partial charge in [0.1, 0.15) is 5.75 Å². The van der Waals surface area contributed by atoms with Crippen molar-refractivity contribution in [2.45, 2.75) is 77.4 Å². The quantitative estimate of drug-likeness (QED) is 0.487. The molecule has 3 unspecified atom stereocenters. The summed E-state index contributed by atoms with van der Waals surface area (Å²) in [5.41, 5.74) is 3.39. The van der Waals surface area contributed by atoms with Crippen molar-refractivity contribution in [3.63, 3.8) is 0 Å². The van der Waals surface area contributed by atoms with Crippen LogP contribution in [0.1, 0.15) is 70.9 Å². The number of likely N-dealkylation sites (tertiary alicyclic amines) is 1. The van der Waals surface area contributed by atoms with Gasteiger partial charge in [-0.15, -0.1) is 0 Å². The molecule has 1 aliphatic heterocycles. The van der Waals surface area contributed by atoms with E-state index in [-0.39, 0.29) is 11.3 Å². The average Bonchev–Trinajstić information content (AvgIpc) is 2.75. The number of unbranched alkanes of at least 4 members (excludes halogenated alkanes) is 1. The Hall–Kier alpha value is -2.59. The number of pyridine rings is 1. The van der Waals surface area contributed by atoms with E-state index in [9.17, 15) is 9.90 Å². The number of fused-ring (bicyclic) bond motifs is 1. The van der Waals surface area contributed by atoms with E-state index >= 15 is 0 Å². The topological polar surface area (TPSA) is 56.3 Å². The summed E-state index contributed by atoms with van der Waals surface area (Å²) in [6.45, 7) is 6.97. The zero-order valence-corrected chi connectivity index (χ0v) is 18.9. The molecule has 3 atom stereocenters. The van der Waals surface area contributed by atoms with Gasteiger partial charge >= 0.3 is 0 Å². The summed E-state index contributed by atoms with van der Waals surface area (Å²) >= 11 is 0. The molecule has 1 fully saturated rings. The highest BCUT2D eigenvalue weighted by Crippen LogP contribution is 2.38. The summed E-state index contributed by atoms with van der Waals surface area (Å²) in [5, 5.41) is 11.0. The Balaban J connectivity index is 1.88. The molecule has 0 bridgehead atoms. The Kier molecular flexibility index (Phi) is 6.47. The van der Waals surface area contributed by atoms with E-state index < -0.39 is 0 Å². The molecule has 2 N–H and O–H groups in total. The van der Waals surface area contributed by atoms with Gasteiger partial charge in [0.2, 0.25) is 0 Å². The molecule has 2 aromatic carbocycles. The summed E-state index contributed by atoms with van der Waals surface area (Å²) in [6, 6.07) is 16.7. The first kappa shape index (κ1) is 21.6. The van der Waals surface area contributed by atoms with Gasteiger partial charge in [-0.05, 0) is 68.5 Å². The van der Waals surface area contributed by atoms with Crippen LogP contribution in [0.25, 0.3) is 22.0 Å². The van der Waals surface area contributed by atoms with E-state index in [1.54, 1.807) is 18.2 Å². The van der Waals surface area contributed by atoms with Crippen LogP contribution < -0.4 is 5.56 Å². The molecule has 0 spiro atoms. The van der Waals surface area contributed by atoms with Crippen LogP contribution in [-0.2, 0) is 0 Å². The van der Waals surface area contributed by atoms with E-state index in [0.717, 1.165) is 22.9 Å². The highest BCUT2D eigenvalue weighted by molar-refractivity contribution is 5.87. The number of hydrogen-bond acceptors (Lipinski definition) is 3. The zero-order chi connectivity index (χ0) is 22.0. The van der Waals surface area contributed by atoms with Gasteiger partial charge in [0.15, 0.2) is 0 Å². The van der Waals surface area contributed by atoms with Gasteiger partial charge in [0.25, 0.3) is 5.56 Å². The number of aromatic nitrogens is 1. The molecule has 2 heterocycles. The smallest absolute Gasteiger partial charge is 0.256 e. The third-order valence-corrected chi connectivity index (χ3v) is 6.89. The fourth-order valence-electron chi connectivity index (χ4n) is 5.35. The van der Waals surface area contributed by atoms with Gasteiger partial charge in [0.05, 0.1) is 0 Å². The number of aromatic hydroxyl groups is 1. The summed E-state index contributed by atoms with van der Waals surface area (Å²) in [7, 11) is 0. The fourth-order valence-corrected chi connectivity index (χ4v) is 5.35. The molecular weight excluding hydrogens is 384 g/mol. The van der Waals surface area contributed by atoms with Gasteiger partial charge in [-0.25, -0.2) is 0 Å². The molecule has 0 amide bonds. The second kappa shape index (κ2) is 9.27. The van der Waals surface area contributed by atoms with Gasteiger partial charge in [-0.2, -0.15) is 0 Å². The number of nitrogens with zero attached hydrogens (tertiary/aromatic N) is 1. The summed E-state index contributed by atoms with van der Waals surface area (Å²) in [6.07, 6.45) is 7.24. The first-order valence-electron chi connectivity index (χ1n) is 11.7. The standard InChI is InChI=1S/C27H34N2O2/c1-4-5-15-26(29-18(2)9-6-10-19(29)3)22-13-8-14-25-24(22)17-23(27(31)28-25)20-11-7-12-21(30)16-20/h7-8,11-14,16-19,26,30H,4-6,9-10,15H2,1-3H3,(H,28,31). The fraction of sp³-hybridized carbons (Fsp3) is 0.444. The molecule has 164 valence electrons. The number of phenolic OH excluding ortho intramolecular Hbond substituents is 1. The minimum atomic E-state index is -0.125. The molecular formula is C27H34N2O2. The van der Waals surface area contributed by atoms with Crippen LogP contribution >= 0.6 is 0 Å². The first-order chi connectivity index (χ1) is 15.0. The molecule has 1 aromatic heterocycles. The number of aromatic amines is 1. The van der Waals surface area contributed by atoms with Crippen LogP contribution in [-0.4, -0.2) is 27.1 Å². The van der Waals surface area contributed by atoms with Crippen LogP contribution in [0.4, 0.5) is 0 Å². The van der Waals surface area contributed by atoms with E-state index in [2.05, 4.69) is 42.8 Å². The van der Waals surface area contributed by atoms with Crippen molar-refractivity contribution in [2.24, 2.45) is 0 Å². The van der Waals surface area contributed by atoms with Gasteiger partial charge in [-0.3, -0.25) is 9.69 Å². The van der Waals surface area contributed by atoms with E-state index in [1.165, 1.54) is 37.7 Å². The molecule has 4 heteroatoms. The lowest BCUT2D eigenvalue weighted by atomic mass is 9.88. The summed E-state index contributed by atoms with van der Waals surface area (Å²) in [5.74, 6) is 0.169. The maximum atomic E-state index is 12.9. The molecule has 0 aliphatic carbocycles. The lowest BCUT2D eigenvalue weighted by Gasteiger charge is -2.45. The van der Waals surface area contributed by atoms with Crippen LogP contribution in [0.2, 0.25) is 0 Å². The Labute approximate surface area is 184 Å². The Morgan fingerprint density at radius 2 is 1.84 bits per heavy atom. The molecule has 3 aromatic rings. The molecule has 31 heavy (non-hydrogen) atoms. The maximum Gasteiger partial charge on any atom is 0.256 e. The predicted octanol–water partition coefficient (Wildman–Crippen LogP) is 6.39. The molecule has 0 saturated carbocycles. The van der Waals surface area contributed by atoms with Gasteiger partial charge in [-0.1, -0.05) is 50.5 Å². The van der Waals surface area contributed by atoms with Crippen molar-refractivity contribution in [1.29, 1.82) is 0 Å². The van der Waals surface area contributed by atoms with Crippen molar-refractivity contribution in [1.82, 2.24) is 9.88 Å². The lowest BCUT2D eigenvalue weighted by Crippen LogP contribution is -2.46. The molecule has 0 radical (unpaired) electrons. The molecule has 1 saturated heterocycles. The molecule has 4 rings (SSSR count). The third-order valence-electron chi connectivity index (χ3n) is 6.89. The van der Waals surface area contributed by atoms with Gasteiger partial charge < -0.3 is 10.1 Å². The Morgan fingerprint density at radius 3 is 2.55 bits per heavy atom. The highest BCUT2D eigenvalue weighted by Gasteiger charge is 2.32. The summed E-state index contributed by atoms with van der Waals surface area (Å²) in [4.78, 5) is 18.7. The van der Waals surface area contributed by atoms with Crippen molar-refractivity contribution in [3.05, 3.63) is 64.4 Å². The van der Waals surface area contributed by atoms with Crippen LogP contribution in [0.15, 0.2) is 53.3 Å². The second-order valence-corrected chi connectivity index (χ2v) is 9.11. The van der Waals surface area contributed by atoms with Crippen molar-refractivity contribution >= 4 is 10.9 Å². The van der Waals surface area contributed by atoms with Crippen molar-refractivity contribution in [2.75, 3.05) is 0 Å². The van der Waals surface area contributed by atoms with Crippen molar-refractivity contribution in [3.8, 4) is 16.9 Å². The molecule has 1 aliphatic rings. The van der Waals surface area contributed by atoms with E-state index in [1.807, 2.05) is 18.2 Å². The number of hydrogen-bond donors (Lipinski definition) is 2. The zero-order valence-electron chi connectivity index (χ0n) is 18.9. The normalized spacial score (nSPS) is 20.7. The minimum absolute atomic E-state index is 0.125. The summed E-state index contributed by atoms with van der Waals surface area (Å²) < 4.78 is 0.